The summed E-state index contributed by atoms with van der Waals surface area (Å²) in [6, 6.07) is 54.0. The van der Waals surface area contributed by atoms with Gasteiger partial charge in [-0.1, -0.05) is 117 Å². The molecule has 0 radical (unpaired) electrons. The van der Waals surface area contributed by atoms with Crippen molar-refractivity contribution in [2.75, 3.05) is 0 Å². The Bertz CT molecular complexity index is 3060. The minimum atomic E-state index is -0.133. The van der Waals surface area contributed by atoms with E-state index < -0.39 is 0 Å². The first-order valence-corrected chi connectivity index (χ1v) is 17.5. The lowest BCUT2D eigenvalue weighted by Crippen LogP contribution is -2.14. The Balaban J connectivity index is 1.10. The number of rotatable bonds is 3. The summed E-state index contributed by atoms with van der Waals surface area (Å²) in [5, 5.41) is 5.71. The van der Waals surface area contributed by atoms with E-state index in [2.05, 4.69) is 152 Å². The first kappa shape index (κ1) is 28.3. The Hall–Kier alpha value is -6.52. The summed E-state index contributed by atoms with van der Waals surface area (Å²) in [7, 11) is 0. The molecule has 0 saturated carbocycles. The normalized spacial score (nSPS) is 13.5. The molecule has 4 nitrogen and oxygen atoms in total. The van der Waals surface area contributed by atoms with Gasteiger partial charge >= 0.3 is 0 Å². The molecular weight excluding hydrogens is 623 g/mol. The molecule has 11 rings (SSSR count). The number of hydrogen-bond acceptors (Lipinski definition) is 3. The predicted molar refractivity (Wildman–Crippen MR) is 210 cm³/mol. The van der Waals surface area contributed by atoms with Gasteiger partial charge < -0.3 is 4.42 Å². The maximum Gasteiger partial charge on any atom is 0.235 e. The number of benzene rings is 7. The maximum atomic E-state index is 6.31. The monoisotopic (exact) mass is 653 g/mol. The van der Waals surface area contributed by atoms with Crippen molar-refractivity contribution >= 4 is 54.6 Å². The fraction of sp³-hybridized carbons (Fsp3) is 0.0638. The summed E-state index contributed by atoms with van der Waals surface area (Å²) >= 11 is 0. The van der Waals surface area contributed by atoms with Crippen LogP contribution < -0.4 is 0 Å². The van der Waals surface area contributed by atoms with Crippen molar-refractivity contribution in [3.63, 3.8) is 0 Å². The molecule has 1 aliphatic rings. The van der Waals surface area contributed by atoms with Crippen molar-refractivity contribution in [2.45, 2.75) is 19.3 Å². The van der Waals surface area contributed by atoms with E-state index in [1.807, 2.05) is 18.2 Å². The lowest BCUT2D eigenvalue weighted by molar-refractivity contribution is 0.647. The van der Waals surface area contributed by atoms with Gasteiger partial charge in [0.25, 0.3) is 0 Å². The molecule has 0 aliphatic heterocycles. The fourth-order valence-corrected chi connectivity index (χ4v) is 8.50. The van der Waals surface area contributed by atoms with Gasteiger partial charge in [0, 0.05) is 37.9 Å². The van der Waals surface area contributed by atoms with E-state index in [4.69, 9.17) is 14.4 Å². The highest BCUT2D eigenvalue weighted by atomic mass is 16.3. The molecule has 0 spiro atoms. The minimum absolute atomic E-state index is 0.133. The largest absolute Gasteiger partial charge is 0.456 e. The van der Waals surface area contributed by atoms with Crippen molar-refractivity contribution in [3.8, 4) is 39.5 Å². The van der Waals surface area contributed by atoms with Crippen molar-refractivity contribution in [2.24, 2.45) is 0 Å². The van der Waals surface area contributed by atoms with Gasteiger partial charge in [0.2, 0.25) is 5.95 Å². The summed E-state index contributed by atoms with van der Waals surface area (Å²) in [5.41, 5.74) is 14.4. The zero-order valence-electron chi connectivity index (χ0n) is 28.2. The van der Waals surface area contributed by atoms with Crippen LogP contribution in [0.4, 0.5) is 0 Å². The Morgan fingerprint density at radius 2 is 1.16 bits per heavy atom. The standard InChI is InChI=1S/C47H31N3O/c1-47(2)38-22-20-29(24-34(38)35-26-37-32-15-8-11-19-43(32)51-44(37)27-39(35)47)30-21-23-42-36(25-30)31-14-7-10-18-41(31)50(42)46-48-40-17-9-6-16-33(40)45(49-46)28-12-4-3-5-13-28/h3-27H,1-2H3. The highest BCUT2D eigenvalue weighted by molar-refractivity contribution is 6.11. The third-order valence-corrected chi connectivity index (χ3v) is 11.0. The highest BCUT2D eigenvalue weighted by Gasteiger charge is 2.36. The van der Waals surface area contributed by atoms with Crippen LogP contribution in [0, 0.1) is 0 Å². The molecule has 0 atom stereocenters. The zero-order chi connectivity index (χ0) is 33.8. The second-order valence-electron chi connectivity index (χ2n) is 14.2. The molecular formula is C47H31N3O. The molecule has 240 valence electrons. The second-order valence-corrected chi connectivity index (χ2v) is 14.2. The van der Waals surface area contributed by atoms with Gasteiger partial charge in [-0.05, 0) is 81.9 Å². The molecule has 7 aromatic carbocycles. The summed E-state index contributed by atoms with van der Waals surface area (Å²) in [5.74, 6) is 0.668. The third-order valence-electron chi connectivity index (χ3n) is 11.0. The molecule has 0 saturated heterocycles. The first-order valence-electron chi connectivity index (χ1n) is 17.5. The minimum Gasteiger partial charge on any atom is -0.456 e. The molecule has 3 aromatic heterocycles. The fourth-order valence-electron chi connectivity index (χ4n) is 8.50. The molecule has 10 aromatic rings. The molecule has 0 fully saturated rings. The van der Waals surface area contributed by atoms with Crippen LogP contribution in [0.2, 0.25) is 0 Å². The number of nitrogens with zero attached hydrogens (tertiary/aromatic N) is 3. The van der Waals surface area contributed by atoms with Crippen LogP contribution in [-0.4, -0.2) is 14.5 Å². The highest BCUT2D eigenvalue weighted by Crippen LogP contribution is 2.52. The predicted octanol–water partition coefficient (Wildman–Crippen LogP) is 12.3. The second kappa shape index (κ2) is 10.3. The van der Waals surface area contributed by atoms with Crippen LogP contribution in [0.1, 0.15) is 25.0 Å². The zero-order valence-corrected chi connectivity index (χ0v) is 28.2. The number of fused-ring (bicyclic) bond motifs is 10. The Kier molecular flexibility index (Phi) is 5.70. The number of furan rings is 1. The quantitative estimate of drug-likeness (QED) is 0.191. The number of aromatic nitrogens is 3. The van der Waals surface area contributed by atoms with E-state index in [-0.39, 0.29) is 5.41 Å². The molecule has 0 N–H and O–H groups in total. The van der Waals surface area contributed by atoms with Gasteiger partial charge in [-0.3, -0.25) is 4.57 Å². The summed E-state index contributed by atoms with van der Waals surface area (Å²) in [4.78, 5) is 10.4. The molecule has 0 bridgehead atoms. The van der Waals surface area contributed by atoms with E-state index in [9.17, 15) is 0 Å². The van der Waals surface area contributed by atoms with E-state index in [0.29, 0.717) is 5.95 Å². The Morgan fingerprint density at radius 3 is 2.04 bits per heavy atom. The van der Waals surface area contributed by atoms with Crippen molar-refractivity contribution in [3.05, 3.63) is 163 Å². The van der Waals surface area contributed by atoms with Crippen molar-refractivity contribution < 1.29 is 4.42 Å². The van der Waals surface area contributed by atoms with Crippen LogP contribution in [0.15, 0.2) is 156 Å². The lowest BCUT2D eigenvalue weighted by Gasteiger charge is -2.21. The van der Waals surface area contributed by atoms with Crippen molar-refractivity contribution in [1.82, 2.24) is 14.5 Å². The molecule has 1 aliphatic carbocycles. The van der Waals surface area contributed by atoms with E-state index in [0.717, 1.165) is 49.7 Å². The van der Waals surface area contributed by atoms with Gasteiger partial charge in [0.05, 0.1) is 22.2 Å². The van der Waals surface area contributed by atoms with E-state index in [1.165, 1.54) is 49.5 Å². The summed E-state index contributed by atoms with van der Waals surface area (Å²) in [6.45, 7) is 4.65. The summed E-state index contributed by atoms with van der Waals surface area (Å²) < 4.78 is 8.53. The Labute approximate surface area is 294 Å². The molecule has 0 unspecified atom stereocenters. The Morgan fingerprint density at radius 1 is 0.471 bits per heavy atom. The molecule has 0 amide bonds. The van der Waals surface area contributed by atoms with Crippen LogP contribution in [0.25, 0.3) is 94.1 Å². The summed E-state index contributed by atoms with van der Waals surface area (Å²) in [6.07, 6.45) is 0. The van der Waals surface area contributed by atoms with Crippen LogP contribution >= 0.6 is 0 Å². The van der Waals surface area contributed by atoms with Gasteiger partial charge in [0.15, 0.2) is 0 Å². The lowest BCUT2D eigenvalue weighted by atomic mass is 9.82. The van der Waals surface area contributed by atoms with Crippen LogP contribution in [-0.2, 0) is 5.41 Å². The molecule has 51 heavy (non-hydrogen) atoms. The number of para-hydroxylation sites is 3. The van der Waals surface area contributed by atoms with Gasteiger partial charge in [0.1, 0.15) is 11.2 Å². The molecule has 3 heterocycles. The van der Waals surface area contributed by atoms with Gasteiger partial charge in [-0.25, -0.2) is 9.97 Å². The van der Waals surface area contributed by atoms with Gasteiger partial charge in [-0.2, -0.15) is 0 Å². The maximum absolute atomic E-state index is 6.31. The first-order chi connectivity index (χ1) is 25.0. The average molecular weight is 654 g/mol. The van der Waals surface area contributed by atoms with Gasteiger partial charge in [-0.15, -0.1) is 0 Å². The number of hydrogen-bond donors (Lipinski definition) is 0. The van der Waals surface area contributed by atoms with Crippen molar-refractivity contribution in [1.29, 1.82) is 0 Å². The van der Waals surface area contributed by atoms with Crippen LogP contribution in [0.3, 0.4) is 0 Å². The average Bonchev–Trinajstić information content (AvgIpc) is 3.78. The third kappa shape index (κ3) is 4.02. The van der Waals surface area contributed by atoms with E-state index >= 15 is 0 Å². The smallest absolute Gasteiger partial charge is 0.235 e. The van der Waals surface area contributed by atoms with Crippen LogP contribution in [0.5, 0.6) is 0 Å². The SMILES string of the molecule is CC1(C)c2ccc(-c3ccc4c(c3)c3ccccc3n4-c3nc(-c4ccccc4)c4ccccc4n3)cc2-c2cc3c(cc21)oc1ccccc13. The molecule has 4 heteroatoms. The topological polar surface area (TPSA) is 43.9 Å². The van der Waals surface area contributed by atoms with E-state index in [1.54, 1.807) is 0 Å².